The molecule has 0 radical (unpaired) electrons. The summed E-state index contributed by atoms with van der Waals surface area (Å²) in [5.41, 5.74) is 2.83. The first-order valence-corrected chi connectivity index (χ1v) is 9.76. The molecule has 2 aliphatic heterocycles. The maximum Gasteiger partial charge on any atom is 0.320 e. The van der Waals surface area contributed by atoms with Gasteiger partial charge in [0.05, 0.1) is 0 Å². The van der Waals surface area contributed by atoms with E-state index in [4.69, 9.17) is 0 Å². The molecule has 1 aromatic heterocycles. The highest BCUT2D eigenvalue weighted by molar-refractivity contribution is 6.01. The Kier molecular flexibility index (Phi) is 4.46. The number of aromatic nitrogens is 1. The maximum absolute atomic E-state index is 13.2. The van der Waals surface area contributed by atoms with E-state index in [0.29, 0.717) is 25.2 Å². The molecule has 6 nitrogen and oxygen atoms in total. The van der Waals surface area contributed by atoms with Gasteiger partial charge in [-0.2, -0.15) is 0 Å². The van der Waals surface area contributed by atoms with Crippen LogP contribution in [0.4, 0.5) is 0 Å². The Morgan fingerprint density at radius 1 is 1.26 bits per heavy atom. The van der Waals surface area contributed by atoms with Gasteiger partial charge in [-0.3, -0.25) is 14.5 Å². The molecule has 0 bridgehead atoms. The second-order valence-corrected chi connectivity index (χ2v) is 8.14. The number of nitrogens with zero attached hydrogens (tertiary/aromatic N) is 2. The Labute approximate surface area is 159 Å². The van der Waals surface area contributed by atoms with Crippen LogP contribution < -0.4 is 0 Å². The van der Waals surface area contributed by atoms with E-state index < -0.39 is 12.0 Å². The Morgan fingerprint density at radius 3 is 2.59 bits per heavy atom. The van der Waals surface area contributed by atoms with Gasteiger partial charge in [0, 0.05) is 30.5 Å². The normalized spacial score (nSPS) is 22.6. The molecule has 0 saturated carbocycles. The van der Waals surface area contributed by atoms with Crippen molar-refractivity contribution in [3.63, 3.8) is 0 Å². The number of aromatic amines is 1. The van der Waals surface area contributed by atoms with Gasteiger partial charge in [0.1, 0.15) is 11.7 Å². The van der Waals surface area contributed by atoms with Crippen LogP contribution in [-0.2, 0) is 11.2 Å². The van der Waals surface area contributed by atoms with E-state index >= 15 is 0 Å². The monoisotopic (exact) mass is 369 g/mol. The smallest absolute Gasteiger partial charge is 0.320 e. The Balaban J connectivity index is 1.51. The number of rotatable bonds is 3. The standard InChI is InChI=1S/C21H27N3O3/c1-3-14-15-6-4-5-7-16(15)22-18(14)19(25)24-10-8-21(9-11-24)12-17(20(26)27)23(2)13-21/h4-7,17,22H,3,8-13H2,1-2H3,(H,26,27). The summed E-state index contributed by atoms with van der Waals surface area (Å²) in [7, 11) is 1.89. The molecule has 2 fully saturated rings. The van der Waals surface area contributed by atoms with E-state index in [0.717, 1.165) is 42.3 Å². The Morgan fingerprint density at radius 2 is 1.96 bits per heavy atom. The highest BCUT2D eigenvalue weighted by atomic mass is 16.4. The quantitative estimate of drug-likeness (QED) is 0.872. The molecule has 6 heteroatoms. The summed E-state index contributed by atoms with van der Waals surface area (Å²) in [5.74, 6) is -0.669. The lowest BCUT2D eigenvalue weighted by Crippen LogP contribution is -2.44. The minimum atomic E-state index is -0.737. The van der Waals surface area contributed by atoms with Gasteiger partial charge in [-0.15, -0.1) is 0 Å². The number of likely N-dealkylation sites (N-methyl/N-ethyl adjacent to an activating group) is 1. The number of hydrogen-bond donors (Lipinski definition) is 2. The highest BCUT2D eigenvalue weighted by Crippen LogP contribution is 2.43. The summed E-state index contributed by atoms with van der Waals surface area (Å²) in [6, 6.07) is 7.66. The minimum Gasteiger partial charge on any atom is -0.480 e. The van der Waals surface area contributed by atoms with Crippen LogP contribution in [0.2, 0.25) is 0 Å². The molecule has 2 aromatic rings. The number of carbonyl (C=O) groups is 2. The van der Waals surface area contributed by atoms with E-state index in [1.807, 2.05) is 35.0 Å². The molecule has 27 heavy (non-hydrogen) atoms. The number of nitrogens with one attached hydrogen (secondary N) is 1. The number of H-pyrrole nitrogens is 1. The molecule has 1 unspecified atom stereocenters. The molecule has 3 heterocycles. The van der Waals surface area contributed by atoms with Crippen molar-refractivity contribution in [2.24, 2.45) is 5.41 Å². The predicted octanol–water partition coefficient (Wildman–Crippen LogP) is 2.74. The second kappa shape index (κ2) is 6.68. The zero-order valence-electron chi connectivity index (χ0n) is 16.0. The molecule has 4 rings (SSSR count). The number of carboxylic acid groups (broad SMARTS) is 1. The number of aliphatic carboxylic acids is 1. The summed E-state index contributed by atoms with van der Waals surface area (Å²) < 4.78 is 0. The van der Waals surface area contributed by atoms with Crippen molar-refractivity contribution in [2.75, 3.05) is 26.7 Å². The van der Waals surface area contributed by atoms with Gasteiger partial charge in [-0.25, -0.2) is 0 Å². The van der Waals surface area contributed by atoms with E-state index in [1.165, 1.54) is 0 Å². The van der Waals surface area contributed by atoms with Crippen LogP contribution in [0.1, 0.15) is 42.2 Å². The lowest BCUT2D eigenvalue weighted by Gasteiger charge is -2.39. The topological polar surface area (TPSA) is 76.6 Å². The van der Waals surface area contributed by atoms with Gasteiger partial charge < -0.3 is 15.0 Å². The van der Waals surface area contributed by atoms with Gasteiger partial charge in [-0.05, 0) is 49.8 Å². The first-order chi connectivity index (χ1) is 12.9. The molecule has 2 aliphatic rings. The van der Waals surface area contributed by atoms with E-state index in [-0.39, 0.29) is 11.3 Å². The first-order valence-electron chi connectivity index (χ1n) is 9.76. The SMILES string of the molecule is CCc1c(C(=O)N2CCC3(CC2)CC(C(=O)O)N(C)C3)[nH]c2ccccc12. The fourth-order valence-corrected chi connectivity index (χ4v) is 5.00. The van der Waals surface area contributed by atoms with Crippen molar-refractivity contribution < 1.29 is 14.7 Å². The van der Waals surface area contributed by atoms with Gasteiger partial charge >= 0.3 is 5.97 Å². The van der Waals surface area contributed by atoms with Crippen LogP contribution in [0.25, 0.3) is 10.9 Å². The molecule has 1 amide bonds. The number of amides is 1. The van der Waals surface area contributed by atoms with Crippen molar-refractivity contribution in [2.45, 2.75) is 38.6 Å². The van der Waals surface area contributed by atoms with Gasteiger partial charge in [0.2, 0.25) is 0 Å². The molecule has 2 saturated heterocycles. The number of hydrogen-bond acceptors (Lipinski definition) is 3. The lowest BCUT2D eigenvalue weighted by molar-refractivity contribution is -0.141. The Hall–Kier alpha value is -2.34. The van der Waals surface area contributed by atoms with Crippen LogP contribution in [0.5, 0.6) is 0 Å². The van der Waals surface area contributed by atoms with E-state index in [2.05, 4.69) is 18.0 Å². The highest BCUT2D eigenvalue weighted by Gasteiger charge is 2.47. The third-order valence-corrected chi connectivity index (χ3v) is 6.52. The fraction of sp³-hybridized carbons (Fsp3) is 0.524. The molecular weight excluding hydrogens is 342 g/mol. The average molecular weight is 369 g/mol. The number of likely N-dealkylation sites (tertiary alicyclic amines) is 2. The average Bonchev–Trinajstić information content (AvgIpc) is 3.19. The third-order valence-electron chi connectivity index (χ3n) is 6.52. The number of benzene rings is 1. The molecule has 1 atom stereocenters. The molecule has 144 valence electrons. The van der Waals surface area contributed by atoms with Crippen LogP contribution in [0.3, 0.4) is 0 Å². The summed E-state index contributed by atoms with van der Waals surface area (Å²) in [6.07, 6.45) is 3.24. The number of carbonyl (C=O) groups excluding carboxylic acids is 1. The van der Waals surface area contributed by atoms with Crippen molar-refractivity contribution in [1.82, 2.24) is 14.8 Å². The zero-order chi connectivity index (χ0) is 19.2. The van der Waals surface area contributed by atoms with Gasteiger partial charge in [0.25, 0.3) is 5.91 Å². The van der Waals surface area contributed by atoms with Crippen LogP contribution in [0, 0.1) is 5.41 Å². The van der Waals surface area contributed by atoms with Crippen LogP contribution in [0.15, 0.2) is 24.3 Å². The fourth-order valence-electron chi connectivity index (χ4n) is 5.00. The number of carboxylic acids is 1. The minimum absolute atomic E-state index is 0.0304. The molecule has 1 spiro atoms. The third kappa shape index (κ3) is 3.02. The maximum atomic E-state index is 13.2. The zero-order valence-corrected chi connectivity index (χ0v) is 16.0. The number of para-hydroxylation sites is 1. The second-order valence-electron chi connectivity index (χ2n) is 8.14. The van der Waals surface area contributed by atoms with Crippen molar-refractivity contribution >= 4 is 22.8 Å². The van der Waals surface area contributed by atoms with Gasteiger partial charge in [0.15, 0.2) is 0 Å². The van der Waals surface area contributed by atoms with Crippen LogP contribution >= 0.6 is 0 Å². The molecule has 1 aromatic carbocycles. The van der Waals surface area contributed by atoms with E-state index in [1.54, 1.807) is 0 Å². The van der Waals surface area contributed by atoms with Gasteiger partial charge in [-0.1, -0.05) is 25.1 Å². The number of aryl methyl sites for hydroxylation is 1. The molecule has 2 N–H and O–H groups in total. The summed E-state index contributed by atoms with van der Waals surface area (Å²) in [5, 5.41) is 10.5. The summed E-state index contributed by atoms with van der Waals surface area (Å²) in [4.78, 5) is 31.8. The van der Waals surface area contributed by atoms with Crippen molar-refractivity contribution in [1.29, 1.82) is 0 Å². The lowest BCUT2D eigenvalue weighted by atomic mass is 9.76. The summed E-state index contributed by atoms with van der Waals surface area (Å²) in [6.45, 7) is 4.27. The first kappa shape index (κ1) is 18.0. The molecule has 0 aliphatic carbocycles. The number of fused-ring (bicyclic) bond motifs is 1. The molecular formula is C21H27N3O3. The summed E-state index contributed by atoms with van der Waals surface area (Å²) >= 11 is 0. The van der Waals surface area contributed by atoms with E-state index in [9.17, 15) is 14.7 Å². The largest absolute Gasteiger partial charge is 0.480 e. The van der Waals surface area contributed by atoms with Crippen molar-refractivity contribution in [3.8, 4) is 0 Å². The number of piperidine rings is 1. The van der Waals surface area contributed by atoms with Crippen LogP contribution in [-0.4, -0.2) is 64.5 Å². The predicted molar refractivity (Wildman–Crippen MR) is 104 cm³/mol. The Bertz CT molecular complexity index is 880. The van der Waals surface area contributed by atoms with Crippen molar-refractivity contribution in [3.05, 3.63) is 35.5 Å².